The second kappa shape index (κ2) is 4.40. The lowest BCUT2D eigenvalue weighted by Crippen LogP contribution is -2.18. The van der Waals surface area contributed by atoms with Crippen molar-refractivity contribution in [3.63, 3.8) is 0 Å². The second-order valence-corrected chi connectivity index (χ2v) is 3.37. The van der Waals surface area contributed by atoms with E-state index in [9.17, 15) is 0 Å². The number of ether oxygens (including phenoxy) is 1. The Bertz CT molecular complexity index is 263. The van der Waals surface area contributed by atoms with Crippen molar-refractivity contribution in [2.45, 2.75) is 19.9 Å². The molecule has 0 aliphatic rings. The van der Waals surface area contributed by atoms with Gasteiger partial charge in [0.2, 0.25) is 0 Å². The molecule has 1 atom stereocenters. The molecule has 0 radical (unpaired) electrons. The lowest BCUT2D eigenvalue weighted by molar-refractivity contribution is 0.180. The number of nitrogens with two attached hydrogens (primary N) is 1. The fourth-order valence-electron chi connectivity index (χ4n) is 1.68. The molecule has 0 saturated carbocycles. The van der Waals surface area contributed by atoms with Gasteiger partial charge in [-0.2, -0.15) is 0 Å². The molecule has 2 nitrogen and oxygen atoms in total. The molecule has 2 N–H and O–H groups in total. The third-order valence-electron chi connectivity index (χ3n) is 2.26. The van der Waals surface area contributed by atoms with Crippen LogP contribution in [-0.4, -0.2) is 13.7 Å². The van der Waals surface area contributed by atoms with Crippen LogP contribution in [0.2, 0.25) is 0 Å². The summed E-state index contributed by atoms with van der Waals surface area (Å²) in [6, 6.07) is 6.20. The Morgan fingerprint density at radius 1 is 1.31 bits per heavy atom. The zero-order chi connectivity index (χ0) is 9.84. The summed E-state index contributed by atoms with van der Waals surface area (Å²) >= 11 is 0. The molecule has 0 bridgehead atoms. The number of benzene rings is 1. The van der Waals surface area contributed by atoms with E-state index in [-0.39, 0.29) is 6.04 Å². The van der Waals surface area contributed by atoms with Crippen LogP contribution in [0, 0.1) is 13.8 Å². The molecule has 0 saturated heterocycles. The normalized spacial score (nSPS) is 12.9. The summed E-state index contributed by atoms with van der Waals surface area (Å²) in [5.41, 5.74) is 9.68. The van der Waals surface area contributed by atoms with Crippen LogP contribution in [0.1, 0.15) is 22.7 Å². The highest BCUT2D eigenvalue weighted by Gasteiger charge is 2.10. The van der Waals surface area contributed by atoms with Gasteiger partial charge in [-0.3, -0.25) is 0 Å². The Labute approximate surface area is 79.7 Å². The van der Waals surface area contributed by atoms with Gasteiger partial charge in [0.05, 0.1) is 12.6 Å². The summed E-state index contributed by atoms with van der Waals surface area (Å²) in [6.07, 6.45) is 0. The van der Waals surface area contributed by atoms with Gasteiger partial charge < -0.3 is 10.5 Å². The molecule has 0 amide bonds. The number of hydrogen-bond acceptors (Lipinski definition) is 2. The zero-order valence-corrected chi connectivity index (χ0v) is 8.50. The lowest BCUT2D eigenvalue weighted by atomic mass is 9.97. The first-order valence-electron chi connectivity index (χ1n) is 4.47. The van der Waals surface area contributed by atoms with Crippen LogP contribution in [0.3, 0.4) is 0 Å². The summed E-state index contributed by atoms with van der Waals surface area (Å²) in [5, 5.41) is 0. The lowest BCUT2D eigenvalue weighted by Gasteiger charge is -2.16. The van der Waals surface area contributed by atoms with E-state index in [0.29, 0.717) is 6.61 Å². The van der Waals surface area contributed by atoms with Crippen molar-refractivity contribution in [3.8, 4) is 0 Å². The van der Waals surface area contributed by atoms with Gasteiger partial charge in [-0.25, -0.2) is 0 Å². The maximum absolute atomic E-state index is 5.98. The van der Waals surface area contributed by atoms with Crippen LogP contribution in [-0.2, 0) is 4.74 Å². The van der Waals surface area contributed by atoms with E-state index in [1.165, 1.54) is 16.7 Å². The average Bonchev–Trinajstić information content (AvgIpc) is 2.04. The zero-order valence-electron chi connectivity index (χ0n) is 8.50. The van der Waals surface area contributed by atoms with Crippen LogP contribution < -0.4 is 5.73 Å². The van der Waals surface area contributed by atoms with Gasteiger partial charge in [0, 0.05) is 7.11 Å². The van der Waals surface area contributed by atoms with Crippen LogP contribution in [0.4, 0.5) is 0 Å². The van der Waals surface area contributed by atoms with Crippen molar-refractivity contribution in [1.82, 2.24) is 0 Å². The smallest absolute Gasteiger partial charge is 0.0655 e. The highest BCUT2D eigenvalue weighted by atomic mass is 16.5. The van der Waals surface area contributed by atoms with Gasteiger partial charge in [-0.1, -0.05) is 18.2 Å². The van der Waals surface area contributed by atoms with E-state index in [1.807, 2.05) is 6.07 Å². The molecule has 0 spiro atoms. The predicted molar refractivity (Wildman–Crippen MR) is 54.7 cm³/mol. The Morgan fingerprint density at radius 3 is 2.31 bits per heavy atom. The minimum Gasteiger partial charge on any atom is -0.383 e. The SMILES string of the molecule is COC[C@@H](N)c1c(C)cccc1C. The standard InChI is InChI=1S/C11H17NO/c1-8-5-4-6-9(2)11(8)10(12)7-13-3/h4-6,10H,7,12H2,1-3H3/t10-/m1/s1. The second-order valence-electron chi connectivity index (χ2n) is 3.37. The summed E-state index contributed by atoms with van der Waals surface area (Å²) < 4.78 is 5.04. The Hall–Kier alpha value is -0.860. The Balaban J connectivity index is 2.98. The largest absolute Gasteiger partial charge is 0.383 e. The molecular formula is C11H17NO. The maximum atomic E-state index is 5.98. The van der Waals surface area contributed by atoms with E-state index >= 15 is 0 Å². The van der Waals surface area contributed by atoms with Gasteiger partial charge in [-0.05, 0) is 30.5 Å². The molecule has 0 heterocycles. The minimum absolute atomic E-state index is 0.00815. The van der Waals surface area contributed by atoms with Crippen LogP contribution in [0.15, 0.2) is 18.2 Å². The van der Waals surface area contributed by atoms with Crippen LogP contribution >= 0.6 is 0 Å². The number of methoxy groups -OCH3 is 1. The van der Waals surface area contributed by atoms with Crippen molar-refractivity contribution in [2.75, 3.05) is 13.7 Å². The van der Waals surface area contributed by atoms with Gasteiger partial charge in [0.15, 0.2) is 0 Å². The molecule has 72 valence electrons. The van der Waals surface area contributed by atoms with Crippen LogP contribution in [0.5, 0.6) is 0 Å². The first-order valence-corrected chi connectivity index (χ1v) is 4.47. The first-order chi connectivity index (χ1) is 6.16. The van der Waals surface area contributed by atoms with Crippen molar-refractivity contribution in [1.29, 1.82) is 0 Å². The Morgan fingerprint density at radius 2 is 1.85 bits per heavy atom. The summed E-state index contributed by atoms with van der Waals surface area (Å²) in [6.45, 7) is 4.74. The molecule has 0 fully saturated rings. The molecule has 0 aliphatic heterocycles. The topological polar surface area (TPSA) is 35.2 Å². The Kier molecular flexibility index (Phi) is 3.46. The summed E-state index contributed by atoms with van der Waals surface area (Å²) in [4.78, 5) is 0. The third-order valence-corrected chi connectivity index (χ3v) is 2.26. The van der Waals surface area contributed by atoms with E-state index < -0.39 is 0 Å². The van der Waals surface area contributed by atoms with E-state index in [0.717, 1.165) is 0 Å². The van der Waals surface area contributed by atoms with Crippen molar-refractivity contribution < 1.29 is 4.74 Å². The molecule has 1 aromatic rings. The highest BCUT2D eigenvalue weighted by Crippen LogP contribution is 2.19. The minimum atomic E-state index is -0.00815. The molecule has 2 heteroatoms. The van der Waals surface area contributed by atoms with Crippen LogP contribution in [0.25, 0.3) is 0 Å². The molecule has 1 aromatic carbocycles. The molecule has 0 unspecified atom stereocenters. The monoisotopic (exact) mass is 179 g/mol. The fraction of sp³-hybridized carbons (Fsp3) is 0.455. The number of aryl methyl sites for hydroxylation is 2. The van der Waals surface area contributed by atoms with Gasteiger partial charge >= 0.3 is 0 Å². The highest BCUT2D eigenvalue weighted by molar-refractivity contribution is 5.35. The summed E-state index contributed by atoms with van der Waals surface area (Å²) in [7, 11) is 1.67. The van der Waals surface area contributed by atoms with Crippen molar-refractivity contribution >= 4 is 0 Å². The van der Waals surface area contributed by atoms with E-state index in [2.05, 4.69) is 26.0 Å². The molecular weight excluding hydrogens is 162 g/mol. The van der Waals surface area contributed by atoms with Gasteiger partial charge in [-0.15, -0.1) is 0 Å². The average molecular weight is 179 g/mol. The van der Waals surface area contributed by atoms with Gasteiger partial charge in [0.25, 0.3) is 0 Å². The quantitative estimate of drug-likeness (QED) is 0.769. The number of rotatable bonds is 3. The first kappa shape index (κ1) is 10.2. The van der Waals surface area contributed by atoms with Crippen molar-refractivity contribution in [3.05, 3.63) is 34.9 Å². The van der Waals surface area contributed by atoms with E-state index in [1.54, 1.807) is 7.11 Å². The van der Waals surface area contributed by atoms with Crippen molar-refractivity contribution in [2.24, 2.45) is 5.73 Å². The number of hydrogen-bond donors (Lipinski definition) is 1. The molecule has 13 heavy (non-hydrogen) atoms. The molecule has 1 rings (SSSR count). The maximum Gasteiger partial charge on any atom is 0.0655 e. The third kappa shape index (κ3) is 2.29. The molecule has 0 aromatic heterocycles. The predicted octanol–water partition coefficient (Wildman–Crippen LogP) is 1.95. The summed E-state index contributed by atoms with van der Waals surface area (Å²) in [5.74, 6) is 0. The van der Waals surface area contributed by atoms with E-state index in [4.69, 9.17) is 10.5 Å². The van der Waals surface area contributed by atoms with Gasteiger partial charge in [0.1, 0.15) is 0 Å². The fourth-order valence-corrected chi connectivity index (χ4v) is 1.68. The molecule has 0 aliphatic carbocycles.